The number of nitrogens with zero attached hydrogens (tertiary/aromatic N) is 2. The van der Waals surface area contributed by atoms with E-state index in [1.54, 1.807) is 43.3 Å². The molecule has 7 nitrogen and oxygen atoms in total. The number of alkyl halides is 3. The fraction of sp³-hybridized carbons (Fsp3) is 0.300. The Morgan fingerprint density at radius 2 is 2.16 bits per heavy atom. The third kappa shape index (κ3) is 4.13. The molecule has 3 N–H and O–H groups in total. The molecule has 0 saturated carbocycles. The molecule has 0 radical (unpaired) electrons. The summed E-state index contributed by atoms with van der Waals surface area (Å²) in [5.74, 6) is -0.565. The molecule has 1 aliphatic heterocycles. The summed E-state index contributed by atoms with van der Waals surface area (Å²) in [5.41, 5.74) is 0.563. The van der Waals surface area contributed by atoms with Crippen molar-refractivity contribution in [2.75, 3.05) is 10.6 Å². The van der Waals surface area contributed by atoms with Crippen LogP contribution in [0.25, 0.3) is 0 Å². The maximum Gasteiger partial charge on any atom is 0.410 e. The van der Waals surface area contributed by atoms with E-state index in [9.17, 15) is 23.1 Å². The number of anilines is 2. The van der Waals surface area contributed by atoms with Crippen LogP contribution in [0, 0.1) is 0 Å². The van der Waals surface area contributed by atoms with Gasteiger partial charge in [-0.2, -0.15) is 18.3 Å². The number of aliphatic hydroxyl groups excluding tert-OH is 1. The standard InChI is InChI=1S/C20H18ClF3N4O3/c1-10(29)11-4-2-5-12(8-11)25-19(30)17-16(21)18-26-13(14-6-3-7-31-14)9-15(20(22,23)24)28(18)27-17/h2-8,10,13,15,26,29H,9H2,1H3,(H,25,30). The molecule has 3 heterocycles. The van der Waals surface area contributed by atoms with Crippen LogP contribution >= 0.6 is 11.6 Å². The van der Waals surface area contributed by atoms with Gasteiger partial charge in [-0.05, 0) is 36.8 Å². The fourth-order valence-electron chi connectivity index (χ4n) is 3.48. The third-order valence-electron chi connectivity index (χ3n) is 5.02. The van der Waals surface area contributed by atoms with Crippen LogP contribution in [-0.4, -0.2) is 27.0 Å². The van der Waals surface area contributed by atoms with E-state index in [0.717, 1.165) is 0 Å². The second-order valence-corrected chi connectivity index (χ2v) is 7.59. The van der Waals surface area contributed by atoms with Crippen LogP contribution in [0.15, 0.2) is 47.1 Å². The Morgan fingerprint density at radius 3 is 2.81 bits per heavy atom. The lowest BCUT2D eigenvalue weighted by molar-refractivity contribution is -0.174. The van der Waals surface area contributed by atoms with Crippen LogP contribution in [0.5, 0.6) is 0 Å². The topological polar surface area (TPSA) is 92.3 Å². The number of nitrogens with one attached hydrogen (secondary N) is 2. The van der Waals surface area contributed by atoms with Crippen molar-refractivity contribution in [3.63, 3.8) is 0 Å². The van der Waals surface area contributed by atoms with Crippen LogP contribution in [-0.2, 0) is 0 Å². The number of aliphatic hydroxyl groups is 1. The van der Waals surface area contributed by atoms with E-state index in [1.165, 1.54) is 6.26 Å². The molecule has 1 amide bonds. The number of benzene rings is 1. The lowest BCUT2D eigenvalue weighted by Gasteiger charge is -2.32. The Morgan fingerprint density at radius 1 is 1.39 bits per heavy atom. The normalized spacial score (nSPS) is 19.4. The van der Waals surface area contributed by atoms with E-state index >= 15 is 0 Å². The lowest BCUT2D eigenvalue weighted by atomic mass is 10.0. The molecule has 1 aromatic carbocycles. The van der Waals surface area contributed by atoms with Crippen molar-refractivity contribution < 1.29 is 27.5 Å². The van der Waals surface area contributed by atoms with Gasteiger partial charge in [-0.15, -0.1) is 0 Å². The average Bonchev–Trinajstić information content (AvgIpc) is 3.35. The summed E-state index contributed by atoms with van der Waals surface area (Å²) in [6.07, 6.45) is -4.38. The van der Waals surface area contributed by atoms with E-state index in [-0.39, 0.29) is 23.0 Å². The smallest absolute Gasteiger partial charge is 0.410 e. The van der Waals surface area contributed by atoms with Crippen LogP contribution in [0.4, 0.5) is 24.7 Å². The van der Waals surface area contributed by atoms with Crippen molar-refractivity contribution in [1.29, 1.82) is 0 Å². The van der Waals surface area contributed by atoms with E-state index in [4.69, 9.17) is 16.0 Å². The van der Waals surface area contributed by atoms with Crippen molar-refractivity contribution in [3.8, 4) is 0 Å². The van der Waals surface area contributed by atoms with Crippen LogP contribution < -0.4 is 10.6 Å². The molecule has 3 unspecified atom stereocenters. The lowest BCUT2D eigenvalue weighted by Crippen LogP contribution is -2.35. The first kappa shape index (κ1) is 21.3. The van der Waals surface area contributed by atoms with Crippen molar-refractivity contribution >= 4 is 29.0 Å². The zero-order chi connectivity index (χ0) is 22.3. The molecule has 31 heavy (non-hydrogen) atoms. The number of furan rings is 1. The Hall–Kier alpha value is -2.98. The molecule has 3 aromatic rings. The first-order chi connectivity index (χ1) is 14.6. The predicted molar refractivity (Wildman–Crippen MR) is 107 cm³/mol. The highest BCUT2D eigenvalue weighted by Crippen LogP contribution is 2.46. The van der Waals surface area contributed by atoms with E-state index in [2.05, 4.69) is 15.7 Å². The molecule has 0 bridgehead atoms. The van der Waals surface area contributed by atoms with Gasteiger partial charge in [0.05, 0.1) is 18.4 Å². The van der Waals surface area contributed by atoms with E-state index in [0.29, 0.717) is 21.7 Å². The average molecular weight is 455 g/mol. The first-order valence-electron chi connectivity index (χ1n) is 9.39. The third-order valence-corrected chi connectivity index (χ3v) is 5.38. The zero-order valence-corrected chi connectivity index (χ0v) is 16.9. The molecule has 0 saturated heterocycles. The number of carbonyl (C=O) groups excluding carboxylic acids is 1. The highest BCUT2D eigenvalue weighted by atomic mass is 35.5. The summed E-state index contributed by atoms with van der Waals surface area (Å²) in [6.45, 7) is 1.57. The number of fused-ring (bicyclic) bond motifs is 1. The number of aromatic nitrogens is 2. The molecular weight excluding hydrogens is 437 g/mol. The highest BCUT2D eigenvalue weighted by molar-refractivity contribution is 6.36. The van der Waals surface area contributed by atoms with Gasteiger partial charge >= 0.3 is 6.18 Å². The largest absolute Gasteiger partial charge is 0.467 e. The first-order valence-corrected chi connectivity index (χ1v) is 9.77. The Bertz CT molecular complexity index is 1100. The van der Waals surface area contributed by atoms with Gasteiger partial charge in [0.1, 0.15) is 16.6 Å². The molecule has 0 aliphatic carbocycles. The molecule has 164 valence electrons. The van der Waals surface area contributed by atoms with Crippen molar-refractivity contribution in [2.45, 2.75) is 37.7 Å². The number of carbonyl (C=O) groups is 1. The van der Waals surface area contributed by atoms with Crippen LogP contribution in [0.3, 0.4) is 0 Å². The maximum atomic E-state index is 13.8. The van der Waals surface area contributed by atoms with Gasteiger partial charge in [0, 0.05) is 12.1 Å². The number of amides is 1. The van der Waals surface area contributed by atoms with Gasteiger partial charge < -0.3 is 20.2 Å². The second-order valence-electron chi connectivity index (χ2n) is 7.22. The van der Waals surface area contributed by atoms with Gasteiger partial charge in [0.15, 0.2) is 11.7 Å². The van der Waals surface area contributed by atoms with Crippen molar-refractivity contribution in [1.82, 2.24) is 9.78 Å². The van der Waals surface area contributed by atoms with Crippen LogP contribution in [0.2, 0.25) is 5.02 Å². The Labute approximate surface area is 179 Å². The van der Waals surface area contributed by atoms with Gasteiger partial charge in [-0.1, -0.05) is 23.7 Å². The monoisotopic (exact) mass is 454 g/mol. The zero-order valence-electron chi connectivity index (χ0n) is 16.2. The van der Waals surface area contributed by atoms with Gasteiger partial charge in [-0.3, -0.25) is 4.79 Å². The summed E-state index contributed by atoms with van der Waals surface area (Å²) in [6, 6.07) is 6.80. The molecule has 0 spiro atoms. The number of halogens is 4. The van der Waals surface area contributed by atoms with Gasteiger partial charge in [-0.25, -0.2) is 4.68 Å². The molecular formula is C20H18ClF3N4O3. The fourth-order valence-corrected chi connectivity index (χ4v) is 3.74. The maximum absolute atomic E-state index is 13.8. The van der Waals surface area contributed by atoms with E-state index < -0.39 is 30.3 Å². The minimum atomic E-state index is -4.61. The predicted octanol–water partition coefficient (Wildman–Crippen LogP) is 5.10. The van der Waals surface area contributed by atoms with E-state index in [1.807, 2.05) is 0 Å². The minimum Gasteiger partial charge on any atom is -0.467 e. The molecule has 1 aliphatic rings. The van der Waals surface area contributed by atoms with Crippen molar-refractivity contribution in [2.24, 2.45) is 0 Å². The summed E-state index contributed by atoms with van der Waals surface area (Å²) < 4.78 is 47.2. The summed E-state index contributed by atoms with van der Waals surface area (Å²) in [4.78, 5) is 12.7. The summed E-state index contributed by atoms with van der Waals surface area (Å²) in [7, 11) is 0. The van der Waals surface area contributed by atoms with Crippen LogP contribution in [0.1, 0.15) is 53.3 Å². The molecule has 4 rings (SSSR count). The van der Waals surface area contributed by atoms with Gasteiger partial charge in [0.2, 0.25) is 0 Å². The summed E-state index contributed by atoms with van der Waals surface area (Å²) in [5, 5.41) is 18.8. The van der Waals surface area contributed by atoms with Crippen molar-refractivity contribution in [3.05, 3.63) is 64.7 Å². The SMILES string of the molecule is CC(O)c1cccc(NC(=O)c2nn3c(c2Cl)NC(c2ccco2)CC3C(F)(F)F)c1. The molecule has 2 aromatic heterocycles. The minimum absolute atomic E-state index is 0.112. The highest BCUT2D eigenvalue weighted by Gasteiger charge is 2.48. The number of hydrogen-bond donors (Lipinski definition) is 3. The Balaban J connectivity index is 1.67. The Kier molecular flexibility index (Phi) is 5.44. The summed E-state index contributed by atoms with van der Waals surface area (Å²) >= 11 is 6.28. The number of rotatable bonds is 4. The molecule has 11 heteroatoms. The molecule has 0 fully saturated rings. The second kappa shape index (κ2) is 7.93. The number of hydrogen-bond acceptors (Lipinski definition) is 5. The van der Waals surface area contributed by atoms with Gasteiger partial charge in [0.25, 0.3) is 5.91 Å². The molecule has 3 atom stereocenters. The quantitative estimate of drug-likeness (QED) is 0.510.